The molecule has 3 rings (SSSR count). The third-order valence-corrected chi connectivity index (χ3v) is 3.80. The molecule has 1 saturated carbocycles. The van der Waals surface area contributed by atoms with Crippen LogP contribution in [0, 0.1) is 12.8 Å². The molecule has 98 valence electrons. The fourth-order valence-electron chi connectivity index (χ4n) is 2.61. The third kappa shape index (κ3) is 2.43. The van der Waals surface area contributed by atoms with E-state index in [2.05, 4.69) is 5.32 Å². The molecule has 1 aliphatic carbocycles. The van der Waals surface area contributed by atoms with Crippen LogP contribution in [0.1, 0.15) is 30.8 Å². The second kappa shape index (κ2) is 4.76. The Hall–Kier alpha value is -1.29. The van der Waals surface area contributed by atoms with Crippen LogP contribution in [0.3, 0.4) is 0 Å². The number of carbonyl (C=O) groups is 1. The van der Waals surface area contributed by atoms with Gasteiger partial charge in [-0.05, 0) is 44.9 Å². The molecular formula is C14H20N2O2. The number of hydrogen-bond acceptors (Lipinski definition) is 3. The highest BCUT2D eigenvalue weighted by Crippen LogP contribution is 2.30. The van der Waals surface area contributed by atoms with Crippen LogP contribution in [-0.2, 0) is 11.3 Å². The summed E-state index contributed by atoms with van der Waals surface area (Å²) in [6.45, 7) is 4.37. The molecule has 1 saturated heterocycles. The molecule has 2 heterocycles. The molecular weight excluding hydrogens is 228 g/mol. The van der Waals surface area contributed by atoms with E-state index in [1.54, 1.807) is 0 Å². The second-order valence-electron chi connectivity index (χ2n) is 5.40. The van der Waals surface area contributed by atoms with E-state index >= 15 is 0 Å². The standard InChI is InChI=1S/C14H20N2O2/c1-10-2-5-13(18-10)9-16(12-3-4-12)14(17)11-6-7-15-8-11/h2,5,11-12,15H,3-4,6-9H2,1H3. The number of carbonyl (C=O) groups excluding carboxylic acids is 1. The highest BCUT2D eigenvalue weighted by Gasteiger charge is 2.37. The molecule has 2 fully saturated rings. The molecule has 1 amide bonds. The monoisotopic (exact) mass is 248 g/mol. The lowest BCUT2D eigenvalue weighted by Gasteiger charge is -2.24. The number of nitrogens with zero attached hydrogens (tertiary/aromatic N) is 1. The first-order valence-corrected chi connectivity index (χ1v) is 6.80. The Morgan fingerprint density at radius 1 is 1.44 bits per heavy atom. The van der Waals surface area contributed by atoms with Gasteiger partial charge in [0.1, 0.15) is 11.5 Å². The van der Waals surface area contributed by atoms with E-state index in [9.17, 15) is 4.79 Å². The van der Waals surface area contributed by atoms with Crippen molar-refractivity contribution in [2.45, 2.75) is 38.8 Å². The van der Waals surface area contributed by atoms with Gasteiger partial charge in [0.15, 0.2) is 0 Å². The van der Waals surface area contributed by atoms with E-state index < -0.39 is 0 Å². The van der Waals surface area contributed by atoms with E-state index in [0.29, 0.717) is 18.5 Å². The molecule has 0 aromatic carbocycles. The molecule has 0 bridgehead atoms. The maximum Gasteiger partial charge on any atom is 0.227 e. The van der Waals surface area contributed by atoms with Crippen molar-refractivity contribution in [1.29, 1.82) is 0 Å². The lowest BCUT2D eigenvalue weighted by atomic mass is 10.1. The van der Waals surface area contributed by atoms with Crippen LogP contribution in [0.2, 0.25) is 0 Å². The van der Waals surface area contributed by atoms with Crippen LogP contribution in [0.4, 0.5) is 0 Å². The first-order chi connectivity index (χ1) is 8.74. The van der Waals surface area contributed by atoms with Gasteiger partial charge in [-0.1, -0.05) is 0 Å². The minimum absolute atomic E-state index is 0.168. The second-order valence-corrected chi connectivity index (χ2v) is 5.40. The van der Waals surface area contributed by atoms with E-state index in [1.807, 2.05) is 24.0 Å². The Labute approximate surface area is 107 Å². The minimum atomic E-state index is 0.168. The fourth-order valence-corrected chi connectivity index (χ4v) is 2.61. The molecule has 1 atom stereocenters. The summed E-state index contributed by atoms with van der Waals surface area (Å²) >= 11 is 0. The number of rotatable bonds is 4. The SMILES string of the molecule is Cc1ccc(CN(C(=O)C2CCNC2)C2CC2)o1. The van der Waals surface area contributed by atoms with Crippen molar-refractivity contribution in [2.24, 2.45) is 5.92 Å². The molecule has 1 unspecified atom stereocenters. The quantitative estimate of drug-likeness (QED) is 0.882. The first kappa shape index (κ1) is 11.8. The lowest BCUT2D eigenvalue weighted by Crippen LogP contribution is -2.38. The number of amides is 1. The van der Waals surface area contributed by atoms with Gasteiger partial charge in [-0.25, -0.2) is 0 Å². The smallest absolute Gasteiger partial charge is 0.227 e. The summed E-state index contributed by atoms with van der Waals surface area (Å²) in [7, 11) is 0. The molecule has 4 heteroatoms. The van der Waals surface area contributed by atoms with Gasteiger partial charge in [0, 0.05) is 12.6 Å². The minimum Gasteiger partial charge on any atom is -0.464 e. The van der Waals surface area contributed by atoms with Crippen molar-refractivity contribution >= 4 is 5.91 Å². The van der Waals surface area contributed by atoms with Gasteiger partial charge in [-0.15, -0.1) is 0 Å². The zero-order chi connectivity index (χ0) is 12.5. The average molecular weight is 248 g/mol. The molecule has 1 aromatic heterocycles. The average Bonchev–Trinajstić information content (AvgIpc) is 2.89. The lowest BCUT2D eigenvalue weighted by molar-refractivity contribution is -0.136. The maximum atomic E-state index is 12.5. The Bertz CT molecular complexity index is 431. The topological polar surface area (TPSA) is 45.5 Å². The van der Waals surface area contributed by atoms with Gasteiger partial charge in [0.2, 0.25) is 5.91 Å². The van der Waals surface area contributed by atoms with E-state index in [0.717, 1.165) is 43.9 Å². The predicted molar refractivity (Wildman–Crippen MR) is 68.0 cm³/mol. The highest BCUT2D eigenvalue weighted by molar-refractivity contribution is 5.80. The van der Waals surface area contributed by atoms with Gasteiger partial charge < -0.3 is 14.6 Å². The normalized spacial score (nSPS) is 23.3. The number of furan rings is 1. The van der Waals surface area contributed by atoms with Crippen LogP contribution in [0.15, 0.2) is 16.5 Å². The van der Waals surface area contributed by atoms with E-state index in [-0.39, 0.29) is 5.92 Å². The zero-order valence-electron chi connectivity index (χ0n) is 10.8. The summed E-state index contributed by atoms with van der Waals surface area (Å²) in [5, 5.41) is 3.26. The summed E-state index contributed by atoms with van der Waals surface area (Å²) in [5.74, 6) is 2.28. The number of hydrogen-bond donors (Lipinski definition) is 1. The Morgan fingerprint density at radius 2 is 2.28 bits per heavy atom. The van der Waals surface area contributed by atoms with Gasteiger partial charge >= 0.3 is 0 Å². The van der Waals surface area contributed by atoms with Gasteiger partial charge in [-0.3, -0.25) is 4.79 Å². The van der Waals surface area contributed by atoms with E-state index in [4.69, 9.17) is 4.42 Å². The molecule has 0 radical (unpaired) electrons. The highest BCUT2D eigenvalue weighted by atomic mass is 16.3. The van der Waals surface area contributed by atoms with Crippen molar-refractivity contribution in [3.63, 3.8) is 0 Å². The van der Waals surface area contributed by atoms with E-state index in [1.165, 1.54) is 0 Å². The number of aryl methyl sites for hydroxylation is 1. The Morgan fingerprint density at radius 3 is 2.83 bits per heavy atom. The first-order valence-electron chi connectivity index (χ1n) is 6.80. The van der Waals surface area contributed by atoms with Crippen molar-refractivity contribution < 1.29 is 9.21 Å². The molecule has 18 heavy (non-hydrogen) atoms. The van der Waals surface area contributed by atoms with Crippen molar-refractivity contribution in [3.05, 3.63) is 23.7 Å². The number of nitrogens with one attached hydrogen (secondary N) is 1. The summed E-state index contributed by atoms with van der Waals surface area (Å²) in [5.41, 5.74) is 0. The molecule has 1 aliphatic heterocycles. The predicted octanol–water partition coefficient (Wildman–Crippen LogP) is 1.69. The Balaban J connectivity index is 1.69. The summed E-state index contributed by atoms with van der Waals surface area (Å²) in [4.78, 5) is 14.5. The Kier molecular flexibility index (Phi) is 3.12. The molecule has 1 N–H and O–H groups in total. The van der Waals surface area contributed by atoms with Crippen molar-refractivity contribution in [3.8, 4) is 0 Å². The molecule has 0 spiro atoms. The van der Waals surface area contributed by atoms with Crippen LogP contribution in [0.25, 0.3) is 0 Å². The summed E-state index contributed by atoms with van der Waals surface area (Å²) in [6.07, 6.45) is 3.26. The van der Waals surface area contributed by atoms with Crippen LogP contribution >= 0.6 is 0 Å². The molecule has 1 aromatic rings. The third-order valence-electron chi connectivity index (χ3n) is 3.80. The van der Waals surface area contributed by atoms with Gasteiger partial charge in [-0.2, -0.15) is 0 Å². The van der Waals surface area contributed by atoms with Crippen molar-refractivity contribution in [2.75, 3.05) is 13.1 Å². The van der Waals surface area contributed by atoms with Crippen LogP contribution < -0.4 is 5.32 Å². The van der Waals surface area contributed by atoms with Gasteiger partial charge in [0.05, 0.1) is 12.5 Å². The molecule has 4 nitrogen and oxygen atoms in total. The summed E-state index contributed by atoms with van der Waals surface area (Å²) in [6, 6.07) is 4.39. The van der Waals surface area contributed by atoms with Crippen LogP contribution in [-0.4, -0.2) is 29.9 Å². The fraction of sp³-hybridized carbons (Fsp3) is 0.643. The molecule has 2 aliphatic rings. The summed E-state index contributed by atoms with van der Waals surface area (Å²) < 4.78 is 5.60. The largest absolute Gasteiger partial charge is 0.464 e. The van der Waals surface area contributed by atoms with Crippen LogP contribution in [0.5, 0.6) is 0 Å². The zero-order valence-corrected chi connectivity index (χ0v) is 10.8. The van der Waals surface area contributed by atoms with Gasteiger partial charge in [0.25, 0.3) is 0 Å². The maximum absolute atomic E-state index is 12.5. The van der Waals surface area contributed by atoms with Crippen molar-refractivity contribution in [1.82, 2.24) is 10.2 Å².